The van der Waals surface area contributed by atoms with Gasteiger partial charge in [0.05, 0.1) is 17.9 Å². The van der Waals surface area contributed by atoms with Gasteiger partial charge in [-0.15, -0.1) is 35.3 Å². The summed E-state index contributed by atoms with van der Waals surface area (Å²) < 4.78 is 26.5. The third-order valence-corrected chi connectivity index (χ3v) is 3.73. The van der Waals surface area contributed by atoms with Crippen molar-refractivity contribution in [3.63, 3.8) is 0 Å². The van der Waals surface area contributed by atoms with Crippen LogP contribution < -0.4 is 11.1 Å². The van der Waals surface area contributed by atoms with Gasteiger partial charge in [-0.05, 0) is 12.1 Å². The molecule has 0 unspecified atom stereocenters. The highest BCUT2D eigenvalue weighted by molar-refractivity contribution is 14.0. The number of guanidine groups is 1. The highest BCUT2D eigenvalue weighted by Gasteiger charge is 2.17. The van der Waals surface area contributed by atoms with E-state index in [1.807, 2.05) is 5.38 Å². The molecule has 0 amide bonds. The SMILES string of the molecule is CC(C)(C)c1csc(CN=C(N)Nc2cc(F)ccc2F)n1.I. The zero-order valence-corrected chi connectivity index (χ0v) is 16.2. The molecular formula is C15H19F2IN4S. The van der Waals surface area contributed by atoms with Crippen LogP contribution in [-0.2, 0) is 12.0 Å². The number of rotatable bonds is 3. The Morgan fingerprint density at radius 1 is 1.35 bits per heavy atom. The normalized spacial score (nSPS) is 12.0. The Morgan fingerprint density at radius 3 is 2.65 bits per heavy atom. The molecule has 0 radical (unpaired) electrons. The van der Waals surface area contributed by atoms with Crippen LogP contribution >= 0.6 is 35.3 Å². The van der Waals surface area contributed by atoms with E-state index in [1.54, 1.807) is 0 Å². The minimum atomic E-state index is -0.594. The molecule has 0 aliphatic heterocycles. The molecule has 23 heavy (non-hydrogen) atoms. The van der Waals surface area contributed by atoms with Crippen LogP contribution in [0.25, 0.3) is 0 Å². The lowest BCUT2D eigenvalue weighted by Crippen LogP contribution is -2.23. The Hall–Kier alpha value is -1.29. The molecule has 2 aromatic rings. The minimum Gasteiger partial charge on any atom is -0.370 e. The second-order valence-corrected chi connectivity index (χ2v) is 6.77. The first-order chi connectivity index (χ1) is 10.3. The van der Waals surface area contributed by atoms with Crippen molar-refractivity contribution in [3.8, 4) is 0 Å². The molecule has 3 N–H and O–H groups in total. The largest absolute Gasteiger partial charge is 0.370 e. The number of hydrogen-bond acceptors (Lipinski definition) is 3. The van der Waals surface area contributed by atoms with Crippen molar-refractivity contribution < 1.29 is 8.78 Å². The summed E-state index contributed by atoms with van der Waals surface area (Å²) >= 11 is 1.49. The van der Waals surface area contributed by atoms with Crippen LogP contribution in [0.2, 0.25) is 0 Å². The van der Waals surface area contributed by atoms with Gasteiger partial charge in [-0.25, -0.2) is 18.8 Å². The summed E-state index contributed by atoms with van der Waals surface area (Å²) in [5.74, 6) is -1.13. The highest BCUT2D eigenvalue weighted by Crippen LogP contribution is 2.24. The van der Waals surface area contributed by atoms with Crippen molar-refractivity contribution in [1.82, 2.24) is 4.98 Å². The lowest BCUT2D eigenvalue weighted by molar-refractivity contribution is 0.571. The van der Waals surface area contributed by atoms with Crippen LogP contribution in [0.15, 0.2) is 28.6 Å². The maximum atomic E-state index is 13.5. The number of thiazole rings is 1. The van der Waals surface area contributed by atoms with E-state index in [-0.39, 0.29) is 47.6 Å². The fraction of sp³-hybridized carbons (Fsp3) is 0.333. The first-order valence-electron chi connectivity index (χ1n) is 6.72. The maximum Gasteiger partial charge on any atom is 0.193 e. The summed E-state index contributed by atoms with van der Waals surface area (Å²) in [7, 11) is 0. The van der Waals surface area contributed by atoms with Gasteiger partial charge in [0.15, 0.2) is 5.96 Å². The second-order valence-electron chi connectivity index (χ2n) is 5.83. The number of halogens is 3. The molecule has 0 aliphatic rings. The highest BCUT2D eigenvalue weighted by atomic mass is 127. The third-order valence-electron chi connectivity index (χ3n) is 2.90. The van der Waals surface area contributed by atoms with Gasteiger partial charge in [0.2, 0.25) is 0 Å². The van der Waals surface area contributed by atoms with E-state index in [4.69, 9.17) is 5.73 Å². The van der Waals surface area contributed by atoms with Crippen molar-refractivity contribution in [3.05, 3.63) is 45.9 Å². The van der Waals surface area contributed by atoms with Crippen LogP contribution in [-0.4, -0.2) is 10.9 Å². The fourth-order valence-corrected chi connectivity index (χ4v) is 2.60. The predicted octanol–water partition coefficient (Wildman–Crippen LogP) is 4.26. The number of nitrogens with two attached hydrogens (primary N) is 1. The van der Waals surface area contributed by atoms with Crippen molar-refractivity contribution >= 4 is 47.0 Å². The molecule has 8 heteroatoms. The minimum absolute atomic E-state index is 0. The lowest BCUT2D eigenvalue weighted by Gasteiger charge is -2.14. The molecule has 1 heterocycles. The fourth-order valence-electron chi connectivity index (χ4n) is 1.65. The first kappa shape index (κ1) is 19.8. The topological polar surface area (TPSA) is 63.3 Å². The van der Waals surface area contributed by atoms with E-state index in [9.17, 15) is 8.78 Å². The van der Waals surface area contributed by atoms with Crippen molar-refractivity contribution in [2.45, 2.75) is 32.7 Å². The Kier molecular flexibility index (Phi) is 6.87. The maximum absolute atomic E-state index is 13.5. The zero-order valence-electron chi connectivity index (χ0n) is 13.1. The third kappa shape index (κ3) is 5.69. The molecule has 4 nitrogen and oxygen atoms in total. The zero-order chi connectivity index (χ0) is 16.3. The molecular weight excluding hydrogens is 433 g/mol. The average Bonchev–Trinajstić information content (AvgIpc) is 2.89. The van der Waals surface area contributed by atoms with Gasteiger partial charge in [0.25, 0.3) is 0 Å². The Bertz CT molecular complexity index is 695. The van der Waals surface area contributed by atoms with E-state index in [1.165, 1.54) is 11.3 Å². The van der Waals surface area contributed by atoms with E-state index in [2.05, 4.69) is 36.1 Å². The van der Waals surface area contributed by atoms with Crippen molar-refractivity contribution in [1.29, 1.82) is 0 Å². The van der Waals surface area contributed by atoms with E-state index in [0.29, 0.717) is 0 Å². The predicted molar refractivity (Wildman–Crippen MR) is 102 cm³/mol. The summed E-state index contributed by atoms with van der Waals surface area (Å²) in [6.07, 6.45) is 0. The van der Waals surface area contributed by atoms with Gasteiger partial charge >= 0.3 is 0 Å². The number of nitrogens with zero attached hydrogens (tertiary/aromatic N) is 2. The molecule has 0 fully saturated rings. The van der Waals surface area contributed by atoms with Crippen molar-refractivity contribution in [2.75, 3.05) is 5.32 Å². The summed E-state index contributed by atoms with van der Waals surface area (Å²) in [6.45, 7) is 6.53. The lowest BCUT2D eigenvalue weighted by atomic mass is 9.93. The van der Waals surface area contributed by atoms with Gasteiger partial charge in [0.1, 0.15) is 16.6 Å². The molecule has 0 saturated carbocycles. The molecule has 126 valence electrons. The van der Waals surface area contributed by atoms with Gasteiger partial charge in [-0.3, -0.25) is 0 Å². The molecule has 2 rings (SSSR count). The number of anilines is 1. The summed E-state index contributed by atoms with van der Waals surface area (Å²) in [5, 5.41) is 5.35. The van der Waals surface area contributed by atoms with E-state index >= 15 is 0 Å². The van der Waals surface area contributed by atoms with Crippen LogP contribution in [0.4, 0.5) is 14.5 Å². The molecule has 0 aliphatic carbocycles. The average molecular weight is 452 g/mol. The summed E-state index contributed by atoms with van der Waals surface area (Å²) in [4.78, 5) is 8.58. The van der Waals surface area contributed by atoms with Gasteiger partial charge < -0.3 is 11.1 Å². The summed E-state index contributed by atoms with van der Waals surface area (Å²) in [5.41, 5.74) is 6.62. The second kappa shape index (κ2) is 8.00. The number of hydrogen-bond donors (Lipinski definition) is 2. The number of nitrogens with one attached hydrogen (secondary N) is 1. The number of aromatic nitrogens is 1. The molecule has 0 spiro atoms. The molecule has 0 atom stereocenters. The van der Waals surface area contributed by atoms with Crippen LogP contribution in [0.1, 0.15) is 31.5 Å². The molecule has 0 saturated heterocycles. The molecule has 1 aromatic carbocycles. The Morgan fingerprint density at radius 2 is 2.04 bits per heavy atom. The van der Waals surface area contributed by atoms with Crippen LogP contribution in [0.3, 0.4) is 0 Å². The quantitative estimate of drug-likeness (QED) is 0.416. The van der Waals surface area contributed by atoms with Crippen LogP contribution in [0.5, 0.6) is 0 Å². The van der Waals surface area contributed by atoms with E-state index in [0.717, 1.165) is 28.9 Å². The molecule has 1 aromatic heterocycles. The van der Waals surface area contributed by atoms with Gasteiger partial charge in [-0.2, -0.15) is 0 Å². The Labute approximate surface area is 155 Å². The van der Waals surface area contributed by atoms with Crippen LogP contribution in [0, 0.1) is 11.6 Å². The monoisotopic (exact) mass is 452 g/mol. The smallest absolute Gasteiger partial charge is 0.193 e. The van der Waals surface area contributed by atoms with E-state index < -0.39 is 11.6 Å². The standard InChI is InChI=1S/C15H18F2N4S.HI/c1-15(2,3)12-8-22-13(21-12)7-19-14(18)20-11-6-9(16)4-5-10(11)17;/h4-6,8H,7H2,1-3H3,(H3,18,19,20);1H. The van der Waals surface area contributed by atoms with Gasteiger partial charge in [0, 0.05) is 16.9 Å². The molecule has 0 bridgehead atoms. The Balaban J connectivity index is 0.00000264. The van der Waals surface area contributed by atoms with Gasteiger partial charge in [-0.1, -0.05) is 20.8 Å². The number of aliphatic imine (C=N–C) groups is 1. The van der Waals surface area contributed by atoms with Crippen molar-refractivity contribution in [2.24, 2.45) is 10.7 Å². The number of benzene rings is 1. The first-order valence-corrected chi connectivity index (χ1v) is 7.60. The summed E-state index contributed by atoms with van der Waals surface area (Å²) in [6, 6.07) is 3.09.